The molecule has 3 aliphatic heterocycles. The number of hydrogen-bond donors (Lipinski definition) is 2. The Bertz CT molecular complexity index is 1390. The summed E-state index contributed by atoms with van der Waals surface area (Å²) in [6.45, 7) is 3.35. The quantitative estimate of drug-likeness (QED) is 0.518. The van der Waals surface area contributed by atoms with Gasteiger partial charge in [0.1, 0.15) is 5.82 Å². The van der Waals surface area contributed by atoms with Gasteiger partial charge in [-0.25, -0.2) is 9.37 Å². The molecule has 0 aromatic carbocycles. The van der Waals surface area contributed by atoms with E-state index in [1.165, 1.54) is 12.3 Å². The zero-order chi connectivity index (χ0) is 24.1. The van der Waals surface area contributed by atoms with E-state index in [1.807, 2.05) is 0 Å². The molecule has 9 nitrogen and oxygen atoms in total. The summed E-state index contributed by atoms with van der Waals surface area (Å²) in [4.78, 5) is 34.9. The average molecular weight is 535 g/mol. The molecule has 6 rings (SSSR count). The SMILES string of the molecule is Cl.O=C1COc2cc(Cl)c(CNC3CCN(C[C@@H]4Cn5c(=O)ccc6ncc(F)c4c65)CC3)nc2N1. The van der Waals surface area contributed by atoms with E-state index in [0.717, 1.165) is 25.9 Å². The smallest absolute Gasteiger partial charge is 0.263 e. The summed E-state index contributed by atoms with van der Waals surface area (Å²) < 4.78 is 21.7. The zero-order valence-electron chi connectivity index (χ0n) is 19.3. The zero-order valence-corrected chi connectivity index (χ0v) is 20.9. The number of piperidine rings is 1. The highest BCUT2D eigenvalue weighted by molar-refractivity contribution is 6.31. The minimum Gasteiger partial charge on any atom is -0.480 e. The summed E-state index contributed by atoms with van der Waals surface area (Å²) in [7, 11) is 0. The van der Waals surface area contributed by atoms with Gasteiger partial charge in [-0.05, 0) is 32.0 Å². The van der Waals surface area contributed by atoms with Crippen molar-refractivity contribution < 1.29 is 13.9 Å². The third kappa shape index (κ3) is 4.54. The predicted octanol–water partition coefficient (Wildman–Crippen LogP) is 2.69. The van der Waals surface area contributed by atoms with Crippen LogP contribution in [-0.2, 0) is 17.9 Å². The van der Waals surface area contributed by atoms with Crippen LogP contribution in [0, 0.1) is 5.82 Å². The molecule has 0 aliphatic carbocycles. The van der Waals surface area contributed by atoms with Crippen LogP contribution in [0.2, 0.25) is 5.02 Å². The molecule has 3 aliphatic rings. The van der Waals surface area contributed by atoms with Crippen molar-refractivity contribution in [3.05, 3.63) is 56.8 Å². The van der Waals surface area contributed by atoms with E-state index in [9.17, 15) is 14.0 Å². The predicted molar refractivity (Wildman–Crippen MR) is 136 cm³/mol. The molecule has 0 saturated carbocycles. The van der Waals surface area contributed by atoms with Crippen LogP contribution >= 0.6 is 24.0 Å². The number of halogens is 3. The number of hydrogen-bond acceptors (Lipinski definition) is 7. The maximum Gasteiger partial charge on any atom is 0.263 e. The van der Waals surface area contributed by atoms with E-state index >= 15 is 0 Å². The maximum atomic E-state index is 14.7. The van der Waals surface area contributed by atoms with E-state index in [4.69, 9.17) is 16.3 Å². The van der Waals surface area contributed by atoms with Crippen molar-refractivity contribution in [3.63, 3.8) is 0 Å². The van der Waals surface area contributed by atoms with Crippen LogP contribution in [0.15, 0.2) is 29.2 Å². The van der Waals surface area contributed by atoms with Crippen LogP contribution in [-0.4, -0.2) is 57.6 Å². The van der Waals surface area contributed by atoms with Gasteiger partial charge in [-0.3, -0.25) is 14.6 Å². The number of carbonyl (C=O) groups is 1. The standard InChI is InChI=1S/C24H24ClFN6O3.ClH/c25-15-7-19-24(30-20(33)12-35-19)29-18(15)9-27-14-3-5-31(6-4-14)10-13-11-32-21(34)2-1-17-23(32)22(13)16(26)8-28-17;/h1-2,7-8,13-14,27H,3-6,9-12H2,(H,29,30,33);1H/t13-;/m1./s1. The number of rotatable bonds is 5. The second-order valence-corrected chi connectivity index (χ2v) is 9.70. The molecule has 3 aromatic rings. The number of fused-ring (bicyclic) bond motifs is 1. The molecule has 6 heterocycles. The Labute approximate surface area is 217 Å². The molecule has 190 valence electrons. The third-order valence-corrected chi connectivity index (χ3v) is 7.38. The van der Waals surface area contributed by atoms with Gasteiger partial charge < -0.3 is 24.8 Å². The first-order chi connectivity index (χ1) is 17.0. The normalized spacial score (nSPS) is 19.5. The Morgan fingerprint density at radius 3 is 2.86 bits per heavy atom. The summed E-state index contributed by atoms with van der Waals surface area (Å²) in [6.07, 6.45) is 3.12. The van der Waals surface area contributed by atoms with Crippen molar-refractivity contribution in [3.8, 4) is 5.75 Å². The molecule has 1 saturated heterocycles. The van der Waals surface area contributed by atoms with Gasteiger partial charge in [0.15, 0.2) is 18.2 Å². The first-order valence-corrected chi connectivity index (χ1v) is 12.1. The fraction of sp³-hybridized carbons (Fsp3) is 0.417. The van der Waals surface area contributed by atoms with E-state index in [-0.39, 0.29) is 42.2 Å². The number of carbonyl (C=O) groups excluding carboxylic acids is 1. The summed E-state index contributed by atoms with van der Waals surface area (Å²) in [5, 5.41) is 6.72. The highest BCUT2D eigenvalue weighted by Gasteiger charge is 2.31. The van der Waals surface area contributed by atoms with Crippen LogP contribution < -0.4 is 20.9 Å². The highest BCUT2D eigenvalue weighted by Crippen LogP contribution is 2.35. The fourth-order valence-corrected chi connectivity index (χ4v) is 5.52. The molecule has 0 unspecified atom stereocenters. The van der Waals surface area contributed by atoms with E-state index in [0.29, 0.717) is 64.6 Å². The molecule has 3 aromatic heterocycles. The lowest BCUT2D eigenvalue weighted by atomic mass is 9.98. The Kier molecular flexibility index (Phi) is 6.86. The third-order valence-electron chi connectivity index (χ3n) is 7.06. The minimum atomic E-state index is -0.341. The Balaban J connectivity index is 0.00000267. The van der Waals surface area contributed by atoms with E-state index in [2.05, 4.69) is 25.5 Å². The fourth-order valence-electron chi connectivity index (χ4n) is 5.31. The number of amides is 1. The molecule has 36 heavy (non-hydrogen) atoms. The van der Waals surface area contributed by atoms with E-state index < -0.39 is 0 Å². The number of nitrogens with zero attached hydrogens (tertiary/aromatic N) is 4. The summed E-state index contributed by atoms with van der Waals surface area (Å²) in [6, 6.07) is 5.14. The molecule has 2 N–H and O–H groups in total. The number of likely N-dealkylation sites (tertiary alicyclic amines) is 1. The molecular weight excluding hydrogens is 510 g/mol. The van der Waals surface area contributed by atoms with Crippen LogP contribution in [0.25, 0.3) is 11.0 Å². The number of ether oxygens (including phenoxy) is 1. The van der Waals surface area contributed by atoms with Gasteiger partial charge in [0.2, 0.25) is 0 Å². The first kappa shape index (κ1) is 24.9. The van der Waals surface area contributed by atoms with Gasteiger partial charge >= 0.3 is 0 Å². The molecule has 1 amide bonds. The second kappa shape index (κ2) is 9.93. The summed E-state index contributed by atoms with van der Waals surface area (Å²) in [5.74, 6) is 0.224. The first-order valence-electron chi connectivity index (χ1n) is 11.7. The summed E-state index contributed by atoms with van der Waals surface area (Å²) >= 11 is 6.37. The van der Waals surface area contributed by atoms with Crippen LogP contribution in [0.4, 0.5) is 10.2 Å². The minimum absolute atomic E-state index is 0. The van der Waals surface area contributed by atoms with Gasteiger partial charge in [0, 0.05) is 49.3 Å². The molecule has 0 radical (unpaired) electrons. The molecule has 0 spiro atoms. The number of anilines is 1. The highest BCUT2D eigenvalue weighted by atomic mass is 35.5. The maximum absolute atomic E-state index is 14.7. The Morgan fingerprint density at radius 2 is 2.06 bits per heavy atom. The van der Waals surface area contributed by atoms with Crippen LogP contribution in [0.5, 0.6) is 5.75 Å². The van der Waals surface area contributed by atoms with Gasteiger partial charge in [-0.1, -0.05) is 11.6 Å². The lowest BCUT2D eigenvalue weighted by Gasteiger charge is -2.34. The summed E-state index contributed by atoms with van der Waals surface area (Å²) in [5.41, 5.74) is 2.45. The van der Waals surface area contributed by atoms with Gasteiger partial charge in [0.25, 0.3) is 11.5 Å². The van der Waals surface area contributed by atoms with Crippen LogP contribution in [0.3, 0.4) is 0 Å². The molecule has 12 heteroatoms. The second-order valence-electron chi connectivity index (χ2n) is 9.29. The van der Waals surface area contributed by atoms with Crippen molar-refractivity contribution in [1.29, 1.82) is 0 Å². The van der Waals surface area contributed by atoms with Crippen molar-refractivity contribution in [1.82, 2.24) is 24.8 Å². The topological polar surface area (TPSA) is 101 Å². The monoisotopic (exact) mass is 534 g/mol. The molecule has 1 atom stereocenters. The van der Waals surface area contributed by atoms with Crippen LogP contribution in [0.1, 0.15) is 30.0 Å². The number of pyridine rings is 3. The molecular formula is C24H25Cl2FN6O3. The van der Waals surface area contributed by atoms with Crippen molar-refractivity contribution in [2.45, 2.75) is 37.9 Å². The van der Waals surface area contributed by atoms with E-state index in [1.54, 1.807) is 16.7 Å². The Morgan fingerprint density at radius 1 is 1.25 bits per heavy atom. The van der Waals surface area contributed by atoms with Crippen molar-refractivity contribution in [2.75, 3.05) is 31.6 Å². The number of nitrogens with one attached hydrogen (secondary N) is 2. The van der Waals surface area contributed by atoms with Crippen molar-refractivity contribution in [2.24, 2.45) is 0 Å². The largest absolute Gasteiger partial charge is 0.480 e. The van der Waals surface area contributed by atoms with Crippen molar-refractivity contribution >= 4 is 46.8 Å². The molecule has 0 bridgehead atoms. The lowest BCUT2D eigenvalue weighted by molar-refractivity contribution is -0.118. The Hall–Kier alpha value is -2.79. The van der Waals surface area contributed by atoms with Gasteiger partial charge in [0.05, 0.1) is 27.9 Å². The number of aromatic nitrogens is 3. The van der Waals surface area contributed by atoms with Gasteiger partial charge in [-0.2, -0.15) is 0 Å². The van der Waals surface area contributed by atoms with Gasteiger partial charge in [-0.15, -0.1) is 12.4 Å². The average Bonchev–Trinajstić information content (AvgIpc) is 3.24. The molecule has 1 fully saturated rings. The lowest BCUT2D eigenvalue weighted by Crippen LogP contribution is -2.43.